The number of hydrogen-bond acceptors (Lipinski definition) is 20. The first-order valence-electron chi connectivity index (χ1n) is 21.7. The number of nitrogens with two attached hydrogens (primary N) is 3. The van der Waals surface area contributed by atoms with Crippen LogP contribution in [0.4, 0.5) is 0 Å². The highest BCUT2D eigenvalue weighted by Crippen LogP contribution is 2.31. The first-order valence-corrected chi connectivity index (χ1v) is 21.7. The quantitative estimate of drug-likeness (QED) is 0.0340. The van der Waals surface area contributed by atoms with Crippen molar-refractivity contribution in [2.45, 2.75) is 164 Å². The molecule has 0 aromatic carbocycles. The number of carboxylic acids is 1. The summed E-state index contributed by atoms with van der Waals surface area (Å²) in [5.74, 6) is -9.20. The second-order valence-corrected chi connectivity index (χ2v) is 16.4. The summed E-state index contributed by atoms with van der Waals surface area (Å²) in [6, 6.07) is -9.99. The van der Waals surface area contributed by atoms with Crippen LogP contribution < -0.4 is 54.4 Å². The van der Waals surface area contributed by atoms with Gasteiger partial charge in [0.1, 0.15) is 79.0 Å². The molecule has 30 heteroatoms. The first kappa shape index (κ1) is 59.4. The van der Waals surface area contributed by atoms with Gasteiger partial charge in [0.15, 0.2) is 12.6 Å². The zero-order valence-corrected chi connectivity index (χ0v) is 38.5. The van der Waals surface area contributed by atoms with Crippen molar-refractivity contribution in [1.29, 1.82) is 0 Å². The van der Waals surface area contributed by atoms with Crippen LogP contribution in [0.1, 0.15) is 66.7 Å². The van der Waals surface area contributed by atoms with Gasteiger partial charge in [0.05, 0.1) is 25.7 Å². The fourth-order valence-corrected chi connectivity index (χ4v) is 6.94. The number of aliphatic hydroxyl groups excluding tert-OH is 5. The maximum absolute atomic E-state index is 13.5. The summed E-state index contributed by atoms with van der Waals surface area (Å²) in [6.45, 7) is 3.92. The van der Waals surface area contributed by atoms with E-state index in [4.69, 9.17) is 36.1 Å². The van der Waals surface area contributed by atoms with Crippen LogP contribution in [-0.2, 0) is 66.9 Å². The van der Waals surface area contributed by atoms with Gasteiger partial charge in [0.25, 0.3) is 0 Å². The van der Waals surface area contributed by atoms with Crippen LogP contribution in [0, 0.1) is 0 Å². The predicted octanol–water partition coefficient (Wildman–Crippen LogP) is -9.27. The number of carbonyl (C=O) groups is 10. The molecule has 19 N–H and O–H groups in total. The van der Waals surface area contributed by atoms with Crippen molar-refractivity contribution in [1.82, 2.24) is 37.2 Å². The minimum Gasteiger partial charge on any atom is -0.480 e. The van der Waals surface area contributed by atoms with Crippen LogP contribution in [0.2, 0.25) is 0 Å². The van der Waals surface area contributed by atoms with Crippen LogP contribution in [0.25, 0.3) is 0 Å². The number of ether oxygens (including phenoxy) is 4. The maximum atomic E-state index is 13.5. The lowest BCUT2D eigenvalue weighted by Gasteiger charge is -2.48. The standard InChI is InChI=1S/C39H66N10O20/c1-14(33(59)49-20(32(42)58)8-9-25(55)48-21(36(62)45-15(2)37(63)64)7-6-10-43-35(61)19(40)11-24(41)54)44-34(60)16(3)66-31-27(47-18(5)53)38(65)67-23(13-51)30(31)69-39-26(46-17(4)52)29(57)28(56)22(12-50)68-39/h14-16,19-23,26-31,38-39,50-51,56-57,65H,6-13,40H2,1-5H3,(H2,41,54)(H2,42,58)(H,43,61)(H,44,60)(H,45,62)(H,46,52)(H,47,53)(H,48,55)(H,49,59)(H,63,64). The summed E-state index contributed by atoms with van der Waals surface area (Å²) in [4.78, 5) is 124. The van der Waals surface area contributed by atoms with E-state index in [1.807, 2.05) is 0 Å². The Bertz CT molecular complexity index is 1830. The Balaban J connectivity index is 2.19. The number of hydrogen-bond donors (Lipinski definition) is 16. The van der Waals surface area contributed by atoms with Crippen LogP contribution >= 0.6 is 0 Å². The van der Waals surface area contributed by atoms with Gasteiger partial charge in [0, 0.05) is 26.8 Å². The first-order chi connectivity index (χ1) is 32.2. The van der Waals surface area contributed by atoms with Crippen molar-refractivity contribution < 1.29 is 97.5 Å². The van der Waals surface area contributed by atoms with Gasteiger partial charge in [-0.15, -0.1) is 0 Å². The molecule has 2 saturated heterocycles. The van der Waals surface area contributed by atoms with Gasteiger partial charge in [-0.2, -0.15) is 0 Å². The van der Waals surface area contributed by atoms with Crippen molar-refractivity contribution >= 4 is 59.1 Å². The summed E-state index contributed by atoms with van der Waals surface area (Å²) < 4.78 is 23.2. The van der Waals surface area contributed by atoms with E-state index < -0.39 is 189 Å². The molecule has 2 heterocycles. The fourth-order valence-electron chi connectivity index (χ4n) is 6.94. The summed E-state index contributed by atoms with van der Waals surface area (Å²) in [7, 11) is 0. The Hall–Kier alpha value is -5.70. The summed E-state index contributed by atoms with van der Waals surface area (Å²) >= 11 is 0. The lowest BCUT2D eigenvalue weighted by Crippen LogP contribution is -2.70. The minimum absolute atomic E-state index is 0.0465. The van der Waals surface area contributed by atoms with Crippen LogP contribution in [0.5, 0.6) is 0 Å². The van der Waals surface area contributed by atoms with E-state index in [0.29, 0.717) is 0 Å². The van der Waals surface area contributed by atoms with Gasteiger partial charge in [-0.05, 0) is 40.0 Å². The molecular formula is C39H66N10O20. The zero-order chi connectivity index (χ0) is 52.4. The Labute approximate surface area is 394 Å². The number of aliphatic carboxylic acids is 1. The van der Waals surface area contributed by atoms with Gasteiger partial charge < -0.3 is 104 Å². The Morgan fingerprint density at radius 2 is 1.28 bits per heavy atom. The predicted molar refractivity (Wildman–Crippen MR) is 229 cm³/mol. The molecule has 0 aromatic rings. The molecule has 16 atom stereocenters. The molecule has 30 nitrogen and oxygen atoms in total. The fraction of sp³-hybridized carbons (Fsp3) is 0.744. The molecule has 392 valence electrons. The van der Waals surface area contributed by atoms with E-state index in [2.05, 4.69) is 37.2 Å². The Morgan fingerprint density at radius 1 is 0.681 bits per heavy atom. The number of rotatable bonds is 27. The third kappa shape index (κ3) is 18.6. The van der Waals surface area contributed by atoms with Gasteiger partial charge in [-0.25, -0.2) is 0 Å². The van der Waals surface area contributed by atoms with Crippen molar-refractivity contribution in [3.63, 3.8) is 0 Å². The van der Waals surface area contributed by atoms with Crippen molar-refractivity contribution in [2.75, 3.05) is 19.8 Å². The molecular weight excluding hydrogens is 928 g/mol. The lowest BCUT2D eigenvalue weighted by molar-refractivity contribution is -0.333. The monoisotopic (exact) mass is 994 g/mol. The minimum atomic E-state index is -1.90. The molecule has 9 amide bonds. The molecule has 0 aromatic heterocycles. The lowest BCUT2D eigenvalue weighted by atomic mass is 9.94. The van der Waals surface area contributed by atoms with Crippen LogP contribution in [-0.4, -0.2) is 207 Å². The third-order valence-electron chi connectivity index (χ3n) is 10.7. The van der Waals surface area contributed by atoms with E-state index >= 15 is 0 Å². The molecule has 16 unspecified atom stereocenters. The SMILES string of the molecule is CC(=O)NC1C(OC2C(CO)OC(O)C(NC(C)=O)C2OC(C)C(=O)NC(C)C(=O)NC(CCC(=O)NC(CCCNC(=O)C(N)CC(N)=O)C(=O)NC(C)C(=O)O)C(N)=O)OC(CO)C(O)C1O. The zero-order valence-electron chi connectivity index (χ0n) is 38.5. The molecule has 2 aliphatic rings. The normalized spacial score (nSPS) is 27.1. The molecule has 0 saturated carbocycles. The second-order valence-electron chi connectivity index (χ2n) is 16.4. The van der Waals surface area contributed by atoms with Crippen molar-refractivity contribution in [3.8, 4) is 0 Å². The summed E-state index contributed by atoms with van der Waals surface area (Å²) in [5.41, 5.74) is 16.1. The highest BCUT2D eigenvalue weighted by atomic mass is 16.7. The van der Waals surface area contributed by atoms with Gasteiger partial charge in [-0.3, -0.25) is 47.9 Å². The number of carbonyl (C=O) groups excluding carboxylic acids is 9. The molecule has 2 rings (SSSR count). The number of amides is 9. The topological polar surface area (TPSA) is 491 Å². The molecule has 69 heavy (non-hydrogen) atoms. The molecule has 2 aliphatic heterocycles. The molecule has 2 fully saturated rings. The van der Waals surface area contributed by atoms with E-state index in [1.54, 1.807) is 0 Å². The second kappa shape index (κ2) is 28.1. The van der Waals surface area contributed by atoms with E-state index in [-0.39, 0.29) is 19.4 Å². The van der Waals surface area contributed by atoms with Gasteiger partial charge >= 0.3 is 5.97 Å². The van der Waals surface area contributed by atoms with E-state index in [9.17, 15) is 78.6 Å². The molecule has 0 aliphatic carbocycles. The van der Waals surface area contributed by atoms with E-state index in [0.717, 1.165) is 13.8 Å². The average Bonchev–Trinajstić information content (AvgIpc) is 3.26. The number of nitrogens with one attached hydrogen (secondary N) is 7. The smallest absolute Gasteiger partial charge is 0.325 e. The largest absolute Gasteiger partial charge is 0.480 e. The molecule has 0 radical (unpaired) electrons. The summed E-state index contributed by atoms with van der Waals surface area (Å²) in [5, 5.41) is 77.9. The van der Waals surface area contributed by atoms with Crippen molar-refractivity contribution in [2.24, 2.45) is 17.2 Å². The highest BCUT2D eigenvalue weighted by molar-refractivity contribution is 5.93. The van der Waals surface area contributed by atoms with Gasteiger partial charge in [-0.1, -0.05) is 0 Å². The average molecular weight is 995 g/mol. The maximum Gasteiger partial charge on any atom is 0.325 e. The van der Waals surface area contributed by atoms with E-state index in [1.165, 1.54) is 20.8 Å². The van der Waals surface area contributed by atoms with Crippen LogP contribution in [0.3, 0.4) is 0 Å². The Morgan fingerprint density at radius 3 is 1.83 bits per heavy atom. The number of primary amides is 2. The summed E-state index contributed by atoms with van der Waals surface area (Å²) in [6.07, 6.45) is -16.4. The molecule has 0 spiro atoms. The molecule has 0 bridgehead atoms. The van der Waals surface area contributed by atoms with Gasteiger partial charge in [0.2, 0.25) is 53.2 Å². The number of carboxylic acid groups (broad SMARTS) is 1. The Kier molecular flexibility index (Phi) is 24.2. The van der Waals surface area contributed by atoms with Crippen molar-refractivity contribution in [3.05, 3.63) is 0 Å². The third-order valence-corrected chi connectivity index (χ3v) is 10.7. The van der Waals surface area contributed by atoms with Crippen LogP contribution in [0.15, 0.2) is 0 Å². The highest BCUT2D eigenvalue weighted by Gasteiger charge is 2.53. The number of aliphatic hydroxyl groups is 5.